The number of aromatic hydroxyl groups is 1. The van der Waals surface area contributed by atoms with E-state index in [0.717, 1.165) is 24.8 Å². The van der Waals surface area contributed by atoms with Crippen molar-refractivity contribution in [2.75, 3.05) is 6.61 Å². The largest absolute Gasteiger partial charge is 0.480 e. The molecule has 0 amide bonds. The van der Waals surface area contributed by atoms with Crippen LogP contribution in [0.2, 0.25) is 18.1 Å². The molecule has 15 heteroatoms. The smallest absolute Gasteiger partial charge is 0.296 e. The summed E-state index contributed by atoms with van der Waals surface area (Å²) in [5.41, 5.74) is -2.51. The highest BCUT2D eigenvalue weighted by Crippen LogP contribution is 2.76. The number of nitrogens with zero attached hydrogens (tertiary/aromatic N) is 3. The normalized spacial score (nSPS) is 36.1. The first-order chi connectivity index (χ1) is 18.9. The van der Waals surface area contributed by atoms with Gasteiger partial charge < -0.3 is 23.3 Å². The number of aromatic nitrogens is 4. The van der Waals surface area contributed by atoms with Crippen molar-refractivity contribution in [2.24, 2.45) is 5.92 Å². The third kappa shape index (κ3) is 5.87. The summed E-state index contributed by atoms with van der Waals surface area (Å²) in [5, 5.41) is 9.83. The highest BCUT2D eigenvalue weighted by Gasteiger charge is 2.57. The summed E-state index contributed by atoms with van der Waals surface area (Å²) >= 11 is 7.53. The lowest BCUT2D eigenvalue weighted by atomic mass is 9.77. The number of ether oxygens (including phenoxy) is 1. The fourth-order valence-corrected chi connectivity index (χ4v) is 13.9. The van der Waals surface area contributed by atoms with Crippen molar-refractivity contribution in [3.8, 4) is 6.01 Å². The molecule has 2 aromatic heterocycles. The average molecular weight is 647 g/mol. The van der Waals surface area contributed by atoms with Crippen molar-refractivity contribution in [3.05, 3.63) is 28.8 Å². The molecule has 1 saturated carbocycles. The summed E-state index contributed by atoms with van der Waals surface area (Å²) < 4.78 is 43.3. The van der Waals surface area contributed by atoms with Gasteiger partial charge in [0.1, 0.15) is 12.2 Å². The predicted molar refractivity (Wildman–Crippen MR) is 164 cm³/mol. The Morgan fingerprint density at radius 3 is 2.83 bits per heavy atom. The minimum Gasteiger partial charge on any atom is -0.480 e. The summed E-state index contributed by atoms with van der Waals surface area (Å²) in [4.78, 5) is 22.6. The summed E-state index contributed by atoms with van der Waals surface area (Å²) in [6.45, 7) is 19.1. The van der Waals surface area contributed by atoms with E-state index in [-0.39, 0.29) is 33.7 Å². The van der Waals surface area contributed by atoms with Crippen molar-refractivity contribution >= 4 is 48.4 Å². The van der Waals surface area contributed by atoms with Gasteiger partial charge in [0.25, 0.3) is 11.6 Å². The summed E-state index contributed by atoms with van der Waals surface area (Å²) in [5.74, 6) is 0.357. The summed E-state index contributed by atoms with van der Waals surface area (Å²) in [6.07, 6.45) is -0.925. The Labute approximate surface area is 249 Å². The van der Waals surface area contributed by atoms with Crippen LogP contribution in [-0.4, -0.2) is 68.8 Å². The molecule has 1 aliphatic carbocycles. The third-order valence-electron chi connectivity index (χ3n) is 9.07. The number of allylic oxidation sites excluding steroid dienone is 1. The molecular formula is C26H40FN4O6PS2Si. The van der Waals surface area contributed by atoms with E-state index in [0.29, 0.717) is 5.92 Å². The number of imidazole rings is 1. The predicted octanol–water partition coefficient (Wildman–Crippen LogP) is 5.96. The quantitative estimate of drug-likeness (QED) is 0.212. The maximum Gasteiger partial charge on any atom is 0.296 e. The maximum absolute atomic E-state index is 16.5. The van der Waals surface area contributed by atoms with E-state index >= 15 is 4.39 Å². The van der Waals surface area contributed by atoms with E-state index in [1.807, 2.05) is 6.92 Å². The zero-order valence-corrected chi connectivity index (χ0v) is 28.1. The molecule has 10 nitrogen and oxygen atoms in total. The van der Waals surface area contributed by atoms with Crippen molar-refractivity contribution < 1.29 is 27.7 Å². The Hall–Kier alpha value is -1.12. The minimum absolute atomic E-state index is 0.00218. The van der Waals surface area contributed by atoms with Gasteiger partial charge in [-0.05, 0) is 69.0 Å². The number of halogens is 1. The van der Waals surface area contributed by atoms with Crippen LogP contribution in [0.15, 0.2) is 23.3 Å². The van der Waals surface area contributed by atoms with E-state index in [4.69, 9.17) is 30.0 Å². The first-order valence-corrected chi connectivity index (χ1v) is 20.8. The average Bonchev–Trinajstić information content (AvgIpc) is 3.47. The molecule has 2 N–H and O–H groups in total. The van der Waals surface area contributed by atoms with E-state index in [2.05, 4.69) is 62.3 Å². The van der Waals surface area contributed by atoms with Crippen LogP contribution in [-0.2, 0) is 30.0 Å². The molecule has 2 aliphatic heterocycles. The van der Waals surface area contributed by atoms with Gasteiger partial charge in [-0.1, -0.05) is 44.3 Å². The molecule has 5 rings (SSSR count). The molecule has 2 aromatic rings. The van der Waals surface area contributed by atoms with Crippen LogP contribution >= 0.6 is 17.1 Å². The molecule has 0 radical (unpaired) electrons. The number of hydrogen-bond donors (Lipinski definition) is 2. The second-order valence-corrected chi connectivity index (χ2v) is 24.5. The monoisotopic (exact) mass is 646 g/mol. The summed E-state index contributed by atoms with van der Waals surface area (Å²) in [7, 11) is -2.22. The van der Waals surface area contributed by atoms with Gasteiger partial charge in [0.2, 0.25) is 5.69 Å². The Morgan fingerprint density at radius 1 is 1.46 bits per heavy atom. The lowest BCUT2D eigenvalue weighted by Gasteiger charge is -2.37. The van der Waals surface area contributed by atoms with Gasteiger partial charge in [-0.25, -0.2) is 9.37 Å². The first kappa shape index (κ1) is 31.3. The molecule has 3 fully saturated rings. The highest BCUT2D eigenvalue weighted by atomic mass is 32.9. The molecule has 228 valence electrons. The third-order valence-corrected chi connectivity index (χ3v) is 19.3. The zero-order chi connectivity index (χ0) is 30.1. The Bertz CT molecular complexity index is 1450. The SMILES string of the molecule is C=C(C)[C@@H]1CC[C@]2(C)SP(=S)(O[C@H]3[C@@H](F)[C@H](n4cnc5c(=O)[nH]c(O)nc54)O[C@@H]3CO[Si](C)(C)C(C)(C)C)O[C@H]2C1. The molecule has 2 saturated heterocycles. The molecule has 0 aromatic carbocycles. The van der Waals surface area contributed by atoms with Gasteiger partial charge in [0, 0.05) is 4.75 Å². The number of H-pyrrole nitrogens is 1. The second kappa shape index (κ2) is 10.8. The van der Waals surface area contributed by atoms with E-state index in [1.165, 1.54) is 22.3 Å². The van der Waals surface area contributed by atoms with Gasteiger partial charge in [-0.3, -0.25) is 14.3 Å². The summed E-state index contributed by atoms with van der Waals surface area (Å²) in [6, 6.07) is -0.599. The second-order valence-electron chi connectivity index (χ2n) is 13.1. The molecule has 3 aliphatic rings. The molecule has 1 unspecified atom stereocenters. The fraction of sp³-hybridized carbons (Fsp3) is 0.731. The van der Waals surface area contributed by atoms with E-state index in [1.54, 1.807) is 0 Å². The number of hydrogen-bond acceptors (Lipinski definition) is 10. The molecule has 0 spiro atoms. The fourth-order valence-electron chi connectivity index (χ4n) is 5.37. The Kier molecular flexibility index (Phi) is 8.24. The van der Waals surface area contributed by atoms with Gasteiger partial charge in [0.15, 0.2) is 31.9 Å². The molecule has 0 bridgehead atoms. The van der Waals surface area contributed by atoms with Crippen LogP contribution in [0.3, 0.4) is 0 Å². The van der Waals surface area contributed by atoms with Crippen LogP contribution in [0.25, 0.3) is 11.2 Å². The van der Waals surface area contributed by atoms with Gasteiger partial charge in [0.05, 0.1) is 19.0 Å². The number of nitrogens with one attached hydrogen (secondary N) is 1. The van der Waals surface area contributed by atoms with Gasteiger partial charge in [-0.2, -0.15) is 4.98 Å². The zero-order valence-electron chi connectivity index (χ0n) is 24.5. The lowest BCUT2D eigenvalue weighted by Crippen LogP contribution is -2.44. The van der Waals surface area contributed by atoms with Crippen LogP contribution < -0.4 is 5.56 Å². The van der Waals surface area contributed by atoms with Crippen LogP contribution in [0.4, 0.5) is 4.39 Å². The number of alkyl halides is 1. The van der Waals surface area contributed by atoms with Crippen LogP contribution in [0.1, 0.15) is 60.1 Å². The van der Waals surface area contributed by atoms with Crippen LogP contribution in [0.5, 0.6) is 6.01 Å². The van der Waals surface area contributed by atoms with Gasteiger partial charge in [-0.15, -0.1) is 0 Å². The number of fused-ring (bicyclic) bond motifs is 2. The lowest BCUT2D eigenvalue weighted by molar-refractivity contribution is -0.0413. The maximum atomic E-state index is 16.5. The molecular weight excluding hydrogens is 607 g/mol. The van der Waals surface area contributed by atoms with E-state index < -0.39 is 50.2 Å². The van der Waals surface area contributed by atoms with Crippen LogP contribution in [0, 0.1) is 5.92 Å². The van der Waals surface area contributed by atoms with Crippen molar-refractivity contribution in [1.29, 1.82) is 0 Å². The van der Waals surface area contributed by atoms with E-state index in [9.17, 15) is 9.90 Å². The van der Waals surface area contributed by atoms with Gasteiger partial charge >= 0.3 is 0 Å². The number of aromatic amines is 1. The standard InChI is InChI=1S/C26H40FN4O6PS2Si/c1-14(2)15-9-10-26(6)17(11-15)36-38(39,40-26)37-20-16(12-34-41(7,8)25(3,4)5)35-23(18(20)27)31-13-28-19-21(31)29-24(33)30-22(19)32/h13,15-18,20,23H,1,9-12H2,2-8H3,(H2,29,30,32,33)/t15-,16-,17+,18-,20-,23-,26+,38?/m1/s1. The van der Waals surface area contributed by atoms with Crippen molar-refractivity contribution in [3.63, 3.8) is 0 Å². The molecule has 4 heterocycles. The Morgan fingerprint density at radius 2 is 2.17 bits per heavy atom. The molecule has 41 heavy (non-hydrogen) atoms. The number of rotatable bonds is 7. The topological polar surface area (TPSA) is 121 Å². The first-order valence-electron chi connectivity index (χ1n) is 13.9. The molecule has 8 atom stereocenters. The Balaban J connectivity index is 1.44. The highest BCUT2D eigenvalue weighted by molar-refractivity contribution is 8.68. The van der Waals surface area contributed by atoms with Crippen molar-refractivity contribution in [2.45, 2.75) is 107 Å². The van der Waals surface area contributed by atoms with Crippen molar-refractivity contribution in [1.82, 2.24) is 19.5 Å². The minimum atomic E-state index is -2.96.